The number of ether oxygens (including phenoxy) is 2. The van der Waals surface area contributed by atoms with Crippen LogP contribution in [0.5, 0.6) is 5.75 Å². The van der Waals surface area contributed by atoms with Crippen LogP contribution in [0.25, 0.3) is 0 Å². The quantitative estimate of drug-likeness (QED) is 0.272. The third kappa shape index (κ3) is 8.11. The van der Waals surface area contributed by atoms with Gasteiger partial charge in [0, 0.05) is 0 Å². The minimum Gasteiger partial charge on any atom is -0.486 e. The largest absolute Gasteiger partial charge is 0.486 e. The molecule has 1 aliphatic heterocycles. The highest BCUT2D eigenvalue weighted by molar-refractivity contribution is 7.92. The van der Waals surface area contributed by atoms with Gasteiger partial charge in [0.25, 0.3) is 20.0 Å². The van der Waals surface area contributed by atoms with E-state index in [1.807, 2.05) is 0 Å². The Labute approximate surface area is 257 Å². The first kappa shape index (κ1) is 33.7. The van der Waals surface area contributed by atoms with E-state index >= 15 is 0 Å². The molecule has 45 heavy (non-hydrogen) atoms. The summed E-state index contributed by atoms with van der Waals surface area (Å²) < 4.78 is 121. The van der Waals surface area contributed by atoms with Crippen LogP contribution < -0.4 is 13.8 Å². The molecule has 1 aliphatic rings. The van der Waals surface area contributed by atoms with Crippen LogP contribution >= 0.6 is 0 Å². The summed E-state index contributed by atoms with van der Waals surface area (Å²) in [5, 5.41) is 0. The van der Waals surface area contributed by atoms with E-state index in [2.05, 4.69) is 0 Å². The average molecular weight is 673 g/mol. The topological polar surface area (TPSA) is 136 Å². The molecule has 0 saturated carbocycles. The van der Waals surface area contributed by atoms with Gasteiger partial charge in [-0.15, -0.1) is 0 Å². The van der Waals surface area contributed by atoms with Crippen LogP contribution in [0.1, 0.15) is 38.3 Å². The van der Waals surface area contributed by atoms with Crippen LogP contribution in [-0.4, -0.2) is 47.0 Å². The van der Waals surface area contributed by atoms with Crippen molar-refractivity contribution < 1.29 is 53.5 Å². The standard InChI is InChI=1S/C29H28F4N2O8S2/c1-28(2,3)43-27(37)14-18-11-12-24-23(13-18)35(45(40,41)21-8-6-7-19(15-21)29(31,32)33)17-20(42-24)16-26(36)34-44(38,39)25-10-5-4-9-22(25)30/h4-13,15,20H,14,16-17H2,1-3H3,(H,34,36)/t20-/m0/s1. The lowest BCUT2D eigenvalue weighted by atomic mass is 10.1. The van der Waals surface area contributed by atoms with Gasteiger partial charge in [-0.3, -0.25) is 13.9 Å². The molecule has 1 N–H and O–H groups in total. The highest BCUT2D eigenvalue weighted by Crippen LogP contribution is 2.39. The number of amides is 1. The van der Waals surface area contributed by atoms with Crippen molar-refractivity contribution in [3.05, 3.63) is 83.7 Å². The lowest BCUT2D eigenvalue weighted by Gasteiger charge is -2.35. The van der Waals surface area contributed by atoms with E-state index in [9.17, 15) is 44.0 Å². The maximum Gasteiger partial charge on any atom is 0.416 e. The zero-order valence-corrected chi connectivity index (χ0v) is 25.7. The maximum absolute atomic E-state index is 14.1. The number of rotatable bonds is 8. The Bertz CT molecular complexity index is 1840. The number of alkyl halides is 3. The Morgan fingerprint density at radius 3 is 2.31 bits per heavy atom. The van der Waals surface area contributed by atoms with Gasteiger partial charge in [0.15, 0.2) is 0 Å². The van der Waals surface area contributed by atoms with E-state index in [4.69, 9.17) is 9.47 Å². The second-order valence-corrected chi connectivity index (χ2v) is 14.5. The van der Waals surface area contributed by atoms with Crippen LogP contribution in [0.3, 0.4) is 0 Å². The van der Waals surface area contributed by atoms with Gasteiger partial charge in [-0.1, -0.05) is 24.3 Å². The van der Waals surface area contributed by atoms with Crippen molar-refractivity contribution in [2.45, 2.75) is 61.3 Å². The third-order valence-corrected chi connectivity index (χ3v) is 9.44. The van der Waals surface area contributed by atoms with E-state index in [-0.39, 0.29) is 17.9 Å². The molecular formula is C29H28F4N2O8S2. The number of hydrogen-bond donors (Lipinski definition) is 1. The van der Waals surface area contributed by atoms with Crippen LogP contribution in [-0.2, 0) is 47.0 Å². The van der Waals surface area contributed by atoms with Gasteiger partial charge in [-0.2, -0.15) is 13.2 Å². The summed E-state index contributed by atoms with van der Waals surface area (Å²) in [6.07, 6.45) is -7.19. The summed E-state index contributed by atoms with van der Waals surface area (Å²) in [6.45, 7) is 4.35. The fourth-order valence-corrected chi connectivity index (χ4v) is 7.04. The molecule has 0 unspecified atom stereocenters. The Kier molecular flexibility index (Phi) is 9.22. The monoisotopic (exact) mass is 672 g/mol. The van der Waals surface area contributed by atoms with Crippen LogP contribution in [0.15, 0.2) is 76.5 Å². The fourth-order valence-electron chi connectivity index (χ4n) is 4.42. The first-order valence-electron chi connectivity index (χ1n) is 13.3. The minimum absolute atomic E-state index is 0.112. The molecule has 3 aromatic rings. The molecule has 4 rings (SSSR count). The van der Waals surface area contributed by atoms with Gasteiger partial charge < -0.3 is 9.47 Å². The highest BCUT2D eigenvalue weighted by Gasteiger charge is 2.38. The van der Waals surface area contributed by atoms with Gasteiger partial charge in [0.2, 0.25) is 5.91 Å². The van der Waals surface area contributed by atoms with Gasteiger partial charge in [0.1, 0.15) is 28.2 Å². The number of halogens is 4. The summed E-state index contributed by atoms with van der Waals surface area (Å²) >= 11 is 0. The number of carbonyl (C=O) groups excluding carboxylic acids is 2. The van der Waals surface area contributed by atoms with E-state index in [1.54, 1.807) is 25.5 Å². The van der Waals surface area contributed by atoms with Crippen molar-refractivity contribution in [1.29, 1.82) is 0 Å². The smallest absolute Gasteiger partial charge is 0.416 e. The number of fused-ring (bicyclic) bond motifs is 1. The molecule has 0 spiro atoms. The number of esters is 1. The maximum atomic E-state index is 14.1. The van der Waals surface area contributed by atoms with Gasteiger partial charge in [-0.25, -0.2) is 25.9 Å². The van der Waals surface area contributed by atoms with Gasteiger partial charge >= 0.3 is 12.1 Å². The van der Waals surface area contributed by atoms with Crippen LogP contribution in [0.4, 0.5) is 23.2 Å². The Morgan fingerprint density at radius 2 is 1.67 bits per heavy atom. The number of nitrogens with one attached hydrogen (secondary N) is 1. The predicted molar refractivity (Wildman–Crippen MR) is 153 cm³/mol. The molecule has 0 radical (unpaired) electrons. The average Bonchev–Trinajstić information content (AvgIpc) is 2.91. The van der Waals surface area contributed by atoms with Crippen molar-refractivity contribution in [3.8, 4) is 5.75 Å². The Balaban J connectivity index is 1.68. The van der Waals surface area contributed by atoms with E-state index in [0.29, 0.717) is 17.7 Å². The normalized spacial score (nSPS) is 15.5. The fraction of sp³-hybridized carbons (Fsp3) is 0.310. The molecule has 3 aromatic carbocycles. The SMILES string of the molecule is CC(C)(C)OC(=O)Cc1ccc2c(c1)N(S(=O)(=O)c1cccc(C(F)(F)F)c1)C[C@H](CC(=O)NS(=O)(=O)c1ccccc1F)O2. The number of carbonyl (C=O) groups is 2. The summed E-state index contributed by atoms with van der Waals surface area (Å²) in [6, 6.07) is 11.4. The van der Waals surface area contributed by atoms with Gasteiger partial charge in [0.05, 0.1) is 35.5 Å². The van der Waals surface area contributed by atoms with Crippen molar-refractivity contribution in [2.24, 2.45) is 0 Å². The summed E-state index contributed by atoms with van der Waals surface area (Å²) in [4.78, 5) is 23.7. The molecule has 1 heterocycles. The molecular weight excluding hydrogens is 644 g/mol. The second-order valence-electron chi connectivity index (χ2n) is 11.0. The molecule has 10 nitrogen and oxygen atoms in total. The summed E-state index contributed by atoms with van der Waals surface area (Å²) in [5.74, 6) is -3.01. The molecule has 0 aromatic heterocycles. The molecule has 0 bridgehead atoms. The zero-order valence-electron chi connectivity index (χ0n) is 24.1. The van der Waals surface area contributed by atoms with E-state index in [0.717, 1.165) is 28.6 Å². The van der Waals surface area contributed by atoms with Crippen molar-refractivity contribution >= 4 is 37.6 Å². The molecule has 0 fully saturated rings. The molecule has 1 atom stereocenters. The molecule has 0 saturated heterocycles. The first-order valence-corrected chi connectivity index (χ1v) is 16.2. The van der Waals surface area contributed by atoms with Crippen LogP contribution in [0, 0.1) is 5.82 Å². The van der Waals surface area contributed by atoms with Gasteiger partial charge in [-0.05, 0) is 68.8 Å². The summed E-state index contributed by atoms with van der Waals surface area (Å²) in [7, 11) is -9.39. The van der Waals surface area contributed by atoms with Crippen molar-refractivity contribution in [2.75, 3.05) is 10.8 Å². The number of sulfonamides is 2. The predicted octanol–water partition coefficient (Wildman–Crippen LogP) is 4.58. The lowest BCUT2D eigenvalue weighted by molar-refractivity contribution is -0.154. The number of nitrogens with zero attached hydrogens (tertiary/aromatic N) is 1. The zero-order chi connectivity index (χ0) is 33.4. The van der Waals surface area contributed by atoms with Crippen LogP contribution in [0.2, 0.25) is 0 Å². The minimum atomic E-state index is -4.85. The third-order valence-electron chi connectivity index (χ3n) is 6.26. The number of benzene rings is 3. The molecule has 242 valence electrons. The summed E-state index contributed by atoms with van der Waals surface area (Å²) in [5.41, 5.74) is -1.86. The molecule has 0 aliphatic carbocycles. The van der Waals surface area contributed by atoms with E-state index in [1.165, 1.54) is 30.3 Å². The number of anilines is 1. The Morgan fingerprint density at radius 1 is 0.978 bits per heavy atom. The van der Waals surface area contributed by atoms with Crippen molar-refractivity contribution in [3.63, 3.8) is 0 Å². The number of hydrogen-bond acceptors (Lipinski definition) is 8. The Hall–Kier alpha value is -4.18. The van der Waals surface area contributed by atoms with E-state index < -0.39 is 83.9 Å². The van der Waals surface area contributed by atoms with Crippen molar-refractivity contribution in [1.82, 2.24) is 4.72 Å². The highest BCUT2D eigenvalue weighted by atomic mass is 32.2. The second kappa shape index (κ2) is 12.3. The molecule has 16 heteroatoms. The first-order chi connectivity index (χ1) is 20.8. The molecule has 1 amide bonds. The lowest BCUT2D eigenvalue weighted by Crippen LogP contribution is -2.46.